The molecule has 1 aromatic heterocycles. The second kappa shape index (κ2) is 7.65. The Hall–Kier alpha value is -2.09. The second-order valence-electron chi connectivity index (χ2n) is 6.27. The average molecular weight is 470 g/mol. The van der Waals surface area contributed by atoms with Gasteiger partial charge >= 0.3 is 0 Å². The maximum Gasteiger partial charge on any atom is 0.0998 e. The molecule has 2 nitrogen and oxygen atoms in total. The van der Waals surface area contributed by atoms with Crippen molar-refractivity contribution in [2.75, 3.05) is 0 Å². The summed E-state index contributed by atoms with van der Waals surface area (Å²) >= 11 is 7.05. The first kappa shape index (κ1) is 18.7. The first-order valence-electron chi connectivity index (χ1n) is 8.24. The van der Waals surface area contributed by atoms with E-state index in [1.165, 1.54) is 5.56 Å². The largest absolute Gasteiger partial charge is 0.318 e. The van der Waals surface area contributed by atoms with Gasteiger partial charge in [0.25, 0.3) is 0 Å². The van der Waals surface area contributed by atoms with Crippen LogP contribution in [0.5, 0.6) is 0 Å². The maximum atomic E-state index is 9.62. The van der Waals surface area contributed by atoms with Crippen LogP contribution >= 0.6 is 31.9 Å². The van der Waals surface area contributed by atoms with Gasteiger partial charge in [0.1, 0.15) is 0 Å². The van der Waals surface area contributed by atoms with Crippen molar-refractivity contribution in [2.45, 2.75) is 20.8 Å². The molecule has 4 heteroatoms. The fourth-order valence-corrected chi connectivity index (χ4v) is 3.65. The standard InChI is InChI=1S/C22H18Br2N2/c1-14-4-9-21(12-22(14)24)26-15(2)10-18(16(26)3)11-19(13-25)17-5-7-20(23)8-6-17/h4-12H,1-3H3/b19-11-. The van der Waals surface area contributed by atoms with Gasteiger partial charge in [-0.1, -0.05) is 50.1 Å². The third kappa shape index (κ3) is 3.70. The number of aromatic nitrogens is 1. The van der Waals surface area contributed by atoms with Gasteiger partial charge in [0.05, 0.1) is 11.6 Å². The van der Waals surface area contributed by atoms with Gasteiger partial charge in [-0.15, -0.1) is 0 Å². The molecule has 2 aromatic carbocycles. The first-order chi connectivity index (χ1) is 12.4. The molecule has 0 spiro atoms. The number of allylic oxidation sites excluding steroid dienone is 1. The van der Waals surface area contributed by atoms with Crippen LogP contribution in [0.2, 0.25) is 0 Å². The zero-order valence-corrected chi connectivity index (χ0v) is 18.0. The summed E-state index contributed by atoms with van der Waals surface area (Å²) < 4.78 is 4.31. The van der Waals surface area contributed by atoms with Crippen LogP contribution in [-0.2, 0) is 0 Å². The van der Waals surface area contributed by atoms with Gasteiger partial charge in [0.15, 0.2) is 0 Å². The molecule has 26 heavy (non-hydrogen) atoms. The molecule has 0 unspecified atom stereocenters. The number of benzene rings is 2. The van der Waals surface area contributed by atoms with Gasteiger partial charge in [-0.05, 0) is 73.9 Å². The van der Waals surface area contributed by atoms with Crippen LogP contribution in [0.25, 0.3) is 17.3 Å². The monoisotopic (exact) mass is 468 g/mol. The zero-order chi connectivity index (χ0) is 18.8. The van der Waals surface area contributed by atoms with Crippen molar-refractivity contribution < 1.29 is 0 Å². The summed E-state index contributed by atoms with van der Waals surface area (Å²) in [4.78, 5) is 0. The summed E-state index contributed by atoms with van der Waals surface area (Å²) in [5.41, 5.74) is 7.19. The summed E-state index contributed by atoms with van der Waals surface area (Å²) in [7, 11) is 0. The van der Waals surface area contributed by atoms with E-state index in [2.05, 4.69) is 87.5 Å². The van der Waals surface area contributed by atoms with Crippen LogP contribution in [0.1, 0.15) is 28.1 Å². The smallest absolute Gasteiger partial charge is 0.0998 e. The number of rotatable bonds is 3. The van der Waals surface area contributed by atoms with Gasteiger partial charge in [-0.25, -0.2) is 0 Å². The van der Waals surface area contributed by atoms with Crippen LogP contribution < -0.4 is 0 Å². The van der Waals surface area contributed by atoms with E-state index in [-0.39, 0.29) is 0 Å². The van der Waals surface area contributed by atoms with E-state index < -0.39 is 0 Å². The molecule has 0 atom stereocenters. The minimum atomic E-state index is 0.655. The van der Waals surface area contributed by atoms with Crippen molar-refractivity contribution in [3.63, 3.8) is 0 Å². The lowest BCUT2D eigenvalue weighted by Crippen LogP contribution is -1.99. The summed E-state index contributed by atoms with van der Waals surface area (Å²) in [5.74, 6) is 0. The minimum absolute atomic E-state index is 0.655. The zero-order valence-electron chi connectivity index (χ0n) is 14.8. The summed E-state index contributed by atoms with van der Waals surface area (Å²) in [5, 5.41) is 9.62. The van der Waals surface area contributed by atoms with Crippen molar-refractivity contribution in [3.05, 3.63) is 85.6 Å². The lowest BCUT2D eigenvalue weighted by molar-refractivity contribution is 0.962. The van der Waals surface area contributed by atoms with Crippen LogP contribution in [0.15, 0.2) is 57.5 Å². The third-order valence-corrected chi connectivity index (χ3v) is 5.84. The topological polar surface area (TPSA) is 28.7 Å². The Bertz CT molecular complexity index is 1040. The Morgan fingerprint density at radius 3 is 2.31 bits per heavy atom. The van der Waals surface area contributed by atoms with Crippen molar-refractivity contribution >= 4 is 43.5 Å². The van der Waals surface area contributed by atoms with E-state index in [4.69, 9.17) is 0 Å². The quantitative estimate of drug-likeness (QED) is 0.380. The highest BCUT2D eigenvalue weighted by molar-refractivity contribution is 9.10. The highest BCUT2D eigenvalue weighted by Crippen LogP contribution is 2.28. The van der Waals surface area contributed by atoms with E-state index in [9.17, 15) is 5.26 Å². The fraction of sp³-hybridized carbons (Fsp3) is 0.136. The second-order valence-corrected chi connectivity index (χ2v) is 8.04. The number of nitrogens with zero attached hydrogens (tertiary/aromatic N) is 2. The summed E-state index contributed by atoms with van der Waals surface area (Å²) in [6.45, 7) is 6.25. The highest BCUT2D eigenvalue weighted by Gasteiger charge is 2.11. The Morgan fingerprint density at radius 2 is 1.69 bits per heavy atom. The predicted octanol–water partition coefficient (Wildman–Crippen LogP) is 6.99. The van der Waals surface area contributed by atoms with Crippen molar-refractivity contribution in [3.8, 4) is 11.8 Å². The molecule has 130 valence electrons. The SMILES string of the molecule is Cc1ccc(-n2c(C)cc(/C=C(/C#N)c3ccc(Br)cc3)c2C)cc1Br. The van der Waals surface area contributed by atoms with Crippen LogP contribution in [0.3, 0.4) is 0 Å². The molecule has 0 radical (unpaired) electrons. The lowest BCUT2D eigenvalue weighted by atomic mass is 10.0. The number of hydrogen-bond acceptors (Lipinski definition) is 1. The molecule has 0 saturated heterocycles. The summed E-state index contributed by atoms with van der Waals surface area (Å²) in [6, 6.07) is 18.6. The van der Waals surface area contributed by atoms with Crippen molar-refractivity contribution in [1.82, 2.24) is 4.57 Å². The van der Waals surface area contributed by atoms with Gasteiger partial charge in [-0.3, -0.25) is 0 Å². The van der Waals surface area contributed by atoms with Crippen molar-refractivity contribution in [1.29, 1.82) is 5.26 Å². The maximum absolute atomic E-state index is 9.62. The van der Waals surface area contributed by atoms with Crippen LogP contribution in [-0.4, -0.2) is 4.57 Å². The number of hydrogen-bond donors (Lipinski definition) is 0. The van der Waals surface area contributed by atoms with E-state index in [1.807, 2.05) is 30.3 Å². The molecule has 0 aliphatic heterocycles. The first-order valence-corrected chi connectivity index (χ1v) is 9.82. The molecule has 3 aromatic rings. The van der Waals surface area contributed by atoms with E-state index in [1.54, 1.807) is 0 Å². The van der Waals surface area contributed by atoms with Gasteiger partial charge in [-0.2, -0.15) is 5.26 Å². The normalized spacial score (nSPS) is 11.5. The van der Waals surface area contributed by atoms with E-state index in [0.29, 0.717) is 5.57 Å². The van der Waals surface area contributed by atoms with Gasteiger partial charge in [0, 0.05) is 26.0 Å². The molecule has 1 heterocycles. The minimum Gasteiger partial charge on any atom is -0.318 e. The molecular formula is C22H18Br2N2. The van der Waals surface area contributed by atoms with E-state index in [0.717, 1.165) is 37.1 Å². The molecule has 0 amide bonds. The molecule has 0 N–H and O–H groups in total. The summed E-state index contributed by atoms with van der Waals surface area (Å²) in [6.07, 6.45) is 1.96. The molecule has 0 saturated carbocycles. The van der Waals surface area contributed by atoms with E-state index >= 15 is 0 Å². The molecule has 3 rings (SSSR count). The molecule has 0 fully saturated rings. The van der Waals surface area contributed by atoms with Gasteiger partial charge < -0.3 is 4.57 Å². The fourth-order valence-electron chi connectivity index (χ4n) is 3.02. The highest BCUT2D eigenvalue weighted by atomic mass is 79.9. The van der Waals surface area contributed by atoms with Crippen LogP contribution in [0.4, 0.5) is 0 Å². The Labute approximate surface area is 171 Å². The Kier molecular flexibility index (Phi) is 5.50. The molecule has 0 bridgehead atoms. The number of aryl methyl sites for hydroxylation is 2. The average Bonchev–Trinajstić information content (AvgIpc) is 2.90. The Morgan fingerprint density at radius 1 is 1.00 bits per heavy atom. The number of nitriles is 1. The lowest BCUT2D eigenvalue weighted by Gasteiger charge is -2.11. The Balaban J connectivity index is 2.08. The molecule has 0 aliphatic rings. The molecule has 0 aliphatic carbocycles. The van der Waals surface area contributed by atoms with Crippen LogP contribution in [0, 0.1) is 32.1 Å². The predicted molar refractivity (Wildman–Crippen MR) is 115 cm³/mol. The van der Waals surface area contributed by atoms with Gasteiger partial charge in [0.2, 0.25) is 0 Å². The molecular weight excluding hydrogens is 452 g/mol. The third-order valence-electron chi connectivity index (χ3n) is 4.46. The van der Waals surface area contributed by atoms with Crippen molar-refractivity contribution in [2.24, 2.45) is 0 Å². The number of halogens is 2.